The standard InChI is InChI=1S/C11H14F2N2O3/c1-3-18-7(16)4-6-5-15-11(14)8(10(12)13)9(6)17-2/h5,10H,3-4H2,1-2H3,(H2,14,15). The molecule has 0 atom stereocenters. The molecule has 18 heavy (non-hydrogen) atoms. The Kier molecular flexibility index (Phi) is 4.82. The van der Waals surface area contributed by atoms with Crippen LogP contribution in [0.1, 0.15) is 24.5 Å². The maximum Gasteiger partial charge on any atom is 0.310 e. The van der Waals surface area contributed by atoms with Crippen LogP contribution in [0.3, 0.4) is 0 Å². The maximum atomic E-state index is 12.8. The number of methoxy groups -OCH3 is 1. The van der Waals surface area contributed by atoms with Crippen LogP contribution in [0, 0.1) is 0 Å². The van der Waals surface area contributed by atoms with Crippen molar-refractivity contribution in [3.05, 3.63) is 17.3 Å². The van der Waals surface area contributed by atoms with Crippen molar-refractivity contribution in [3.8, 4) is 5.75 Å². The Bertz CT molecular complexity index is 439. The minimum Gasteiger partial charge on any atom is -0.496 e. The highest BCUT2D eigenvalue weighted by atomic mass is 19.3. The van der Waals surface area contributed by atoms with Crippen LogP contribution in [0.2, 0.25) is 0 Å². The largest absolute Gasteiger partial charge is 0.496 e. The molecule has 0 aliphatic rings. The van der Waals surface area contributed by atoms with Crippen molar-refractivity contribution in [2.75, 3.05) is 19.5 Å². The number of esters is 1. The van der Waals surface area contributed by atoms with Crippen molar-refractivity contribution in [1.29, 1.82) is 0 Å². The molecule has 0 bridgehead atoms. The third kappa shape index (κ3) is 3.06. The molecular weight excluding hydrogens is 246 g/mol. The summed E-state index contributed by atoms with van der Waals surface area (Å²) in [5.74, 6) is -0.970. The molecule has 2 N–H and O–H groups in total. The van der Waals surface area contributed by atoms with Gasteiger partial charge in [0.25, 0.3) is 6.43 Å². The van der Waals surface area contributed by atoms with Gasteiger partial charge in [-0.05, 0) is 6.92 Å². The number of ether oxygens (including phenoxy) is 2. The van der Waals surface area contributed by atoms with Crippen molar-refractivity contribution < 1.29 is 23.0 Å². The van der Waals surface area contributed by atoms with Gasteiger partial charge in [-0.25, -0.2) is 13.8 Å². The van der Waals surface area contributed by atoms with Gasteiger partial charge in [0.1, 0.15) is 17.1 Å². The lowest BCUT2D eigenvalue weighted by molar-refractivity contribution is -0.142. The number of hydrogen-bond acceptors (Lipinski definition) is 5. The molecule has 100 valence electrons. The molecule has 0 spiro atoms. The Labute approximate surface area is 103 Å². The van der Waals surface area contributed by atoms with Crippen LogP contribution in [-0.4, -0.2) is 24.7 Å². The molecule has 0 unspecified atom stereocenters. The number of rotatable bonds is 5. The Balaban J connectivity index is 3.13. The van der Waals surface area contributed by atoms with Gasteiger partial charge < -0.3 is 15.2 Å². The van der Waals surface area contributed by atoms with Gasteiger partial charge in [-0.1, -0.05) is 0 Å². The zero-order chi connectivity index (χ0) is 13.7. The van der Waals surface area contributed by atoms with E-state index in [-0.39, 0.29) is 30.2 Å². The first-order valence-corrected chi connectivity index (χ1v) is 5.26. The van der Waals surface area contributed by atoms with Crippen LogP contribution in [0.25, 0.3) is 0 Å². The van der Waals surface area contributed by atoms with Crippen LogP contribution in [-0.2, 0) is 16.0 Å². The van der Waals surface area contributed by atoms with E-state index in [2.05, 4.69) is 4.98 Å². The fourth-order valence-electron chi connectivity index (χ4n) is 1.51. The number of nitrogen functional groups attached to an aromatic ring is 1. The summed E-state index contributed by atoms with van der Waals surface area (Å²) in [6, 6.07) is 0. The number of carbonyl (C=O) groups excluding carboxylic acids is 1. The predicted octanol–water partition coefficient (Wildman–Crippen LogP) is 1.72. The first-order valence-electron chi connectivity index (χ1n) is 5.26. The van der Waals surface area contributed by atoms with Crippen LogP contribution < -0.4 is 10.5 Å². The van der Waals surface area contributed by atoms with Crippen LogP contribution in [0.5, 0.6) is 5.75 Å². The summed E-state index contributed by atoms with van der Waals surface area (Å²) in [5.41, 5.74) is 5.09. The third-order valence-electron chi connectivity index (χ3n) is 2.23. The summed E-state index contributed by atoms with van der Waals surface area (Å²) < 4.78 is 35.3. The van der Waals surface area contributed by atoms with Gasteiger partial charge in [0.05, 0.1) is 20.1 Å². The molecule has 1 heterocycles. The number of anilines is 1. The van der Waals surface area contributed by atoms with Crippen LogP contribution in [0.4, 0.5) is 14.6 Å². The average Bonchev–Trinajstić information content (AvgIpc) is 2.30. The van der Waals surface area contributed by atoms with Gasteiger partial charge in [-0.3, -0.25) is 4.79 Å². The van der Waals surface area contributed by atoms with E-state index >= 15 is 0 Å². The van der Waals surface area contributed by atoms with Crippen molar-refractivity contribution >= 4 is 11.8 Å². The van der Waals surface area contributed by atoms with Crippen molar-refractivity contribution in [2.24, 2.45) is 0 Å². The van der Waals surface area contributed by atoms with Crippen molar-refractivity contribution in [2.45, 2.75) is 19.8 Å². The van der Waals surface area contributed by atoms with Crippen LogP contribution in [0.15, 0.2) is 6.20 Å². The Morgan fingerprint density at radius 3 is 2.72 bits per heavy atom. The second kappa shape index (κ2) is 6.13. The van der Waals surface area contributed by atoms with E-state index in [1.165, 1.54) is 13.3 Å². The van der Waals surface area contributed by atoms with Gasteiger partial charge in [0, 0.05) is 11.8 Å². The number of alkyl halides is 2. The number of halogens is 2. The minimum absolute atomic E-state index is 0.120. The fourth-order valence-corrected chi connectivity index (χ4v) is 1.51. The molecule has 1 aromatic rings. The molecule has 0 fully saturated rings. The molecule has 7 heteroatoms. The van der Waals surface area contributed by atoms with E-state index in [0.29, 0.717) is 0 Å². The molecule has 0 saturated heterocycles. The zero-order valence-electron chi connectivity index (χ0n) is 10.1. The lowest BCUT2D eigenvalue weighted by Gasteiger charge is -2.14. The predicted molar refractivity (Wildman–Crippen MR) is 60.5 cm³/mol. The summed E-state index contributed by atoms with van der Waals surface area (Å²) >= 11 is 0. The molecule has 5 nitrogen and oxygen atoms in total. The molecular formula is C11H14F2N2O3. The number of nitrogens with two attached hydrogens (primary N) is 1. The fraction of sp³-hybridized carbons (Fsp3) is 0.455. The zero-order valence-corrected chi connectivity index (χ0v) is 10.1. The highest BCUT2D eigenvalue weighted by Crippen LogP contribution is 2.35. The molecule has 0 radical (unpaired) electrons. The summed E-state index contributed by atoms with van der Waals surface area (Å²) in [6.45, 7) is 1.87. The Morgan fingerprint density at radius 2 is 2.22 bits per heavy atom. The topological polar surface area (TPSA) is 74.4 Å². The number of pyridine rings is 1. The van der Waals surface area contributed by atoms with E-state index in [9.17, 15) is 13.6 Å². The molecule has 0 aliphatic carbocycles. The summed E-state index contributed by atoms with van der Waals surface area (Å²) in [7, 11) is 1.23. The lowest BCUT2D eigenvalue weighted by atomic mass is 10.1. The number of carbonyl (C=O) groups is 1. The van der Waals surface area contributed by atoms with Crippen LogP contribution >= 0.6 is 0 Å². The van der Waals surface area contributed by atoms with E-state index in [1.54, 1.807) is 6.92 Å². The Hall–Kier alpha value is -1.92. The SMILES string of the molecule is CCOC(=O)Cc1cnc(N)c(C(F)F)c1OC. The quantitative estimate of drug-likeness (QED) is 0.816. The lowest BCUT2D eigenvalue weighted by Crippen LogP contribution is -2.11. The number of aromatic nitrogens is 1. The first-order chi connectivity index (χ1) is 8.51. The van der Waals surface area contributed by atoms with Crippen molar-refractivity contribution in [3.63, 3.8) is 0 Å². The summed E-state index contributed by atoms with van der Waals surface area (Å²) in [5, 5.41) is 0. The van der Waals surface area contributed by atoms with Gasteiger partial charge in [0.2, 0.25) is 0 Å². The van der Waals surface area contributed by atoms with Gasteiger partial charge in [0.15, 0.2) is 0 Å². The van der Waals surface area contributed by atoms with E-state index < -0.39 is 18.0 Å². The molecule has 0 aromatic carbocycles. The second-order valence-electron chi connectivity index (χ2n) is 3.40. The van der Waals surface area contributed by atoms with Gasteiger partial charge in [-0.2, -0.15) is 0 Å². The number of nitrogens with zero attached hydrogens (tertiary/aromatic N) is 1. The highest BCUT2D eigenvalue weighted by molar-refractivity contribution is 5.74. The molecule has 0 amide bonds. The summed E-state index contributed by atoms with van der Waals surface area (Å²) in [4.78, 5) is 15.0. The van der Waals surface area contributed by atoms with Gasteiger partial charge >= 0.3 is 5.97 Å². The molecule has 0 aliphatic heterocycles. The minimum atomic E-state index is -2.82. The van der Waals surface area contributed by atoms with E-state index in [1.807, 2.05) is 0 Å². The van der Waals surface area contributed by atoms with Gasteiger partial charge in [-0.15, -0.1) is 0 Å². The average molecular weight is 260 g/mol. The third-order valence-corrected chi connectivity index (χ3v) is 2.23. The van der Waals surface area contributed by atoms with Crippen molar-refractivity contribution in [1.82, 2.24) is 4.98 Å². The normalized spacial score (nSPS) is 10.5. The molecule has 1 aromatic heterocycles. The highest BCUT2D eigenvalue weighted by Gasteiger charge is 2.23. The second-order valence-corrected chi connectivity index (χ2v) is 3.40. The van der Waals surface area contributed by atoms with E-state index in [0.717, 1.165) is 0 Å². The maximum absolute atomic E-state index is 12.8. The van der Waals surface area contributed by atoms with E-state index in [4.69, 9.17) is 15.2 Å². The summed E-state index contributed by atoms with van der Waals surface area (Å²) in [6.07, 6.45) is -1.78. The first kappa shape index (κ1) is 14.1. The number of hydrogen-bond donors (Lipinski definition) is 1. The smallest absolute Gasteiger partial charge is 0.310 e. The molecule has 1 rings (SSSR count). The monoisotopic (exact) mass is 260 g/mol. The molecule has 0 saturated carbocycles. The Morgan fingerprint density at radius 1 is 1.56 bits per heavy atom.